The molecule has 0 bridgehead atoms. The first-order valence-corrected chi connectivity index (χ1v) is 7.10. The van der Waals surface area contributed by atoms with Crippen molar-refractivity contribution in [3.8, 4) is 11.8 Å². The molecule has 2 rings (SSSR count). The molecule has 0 radical (unpaired) electrons. The van der Waals surface area contributed by atoms with Crippen LogP contribution in [0.25, 0.3) is 0 Å². The Balaban J connectivity index is 1.90. The van der Waals surface area contributed by atoms with Crippen molar-refractivity contribution in [1.82, 2.24) is 10.3 Å². The van der Waals surface area contributed by atoms with Gasteiger partial charge in [-0.1, -0.05) is 25.1 Å². The second-order valence-electron chi connectivity index (χ2n) is 4.73. The molecule has 0 unspecified atom stereocenters. The highest BCUT2D eigenvalue weighted by atomic mass is 16.5. The molecule has 1 aromatic carbocycles. The van der Waals surface area contributed by atoms with E-state index < -0.39 is 0 Å². The molecule has 1 heterocycles. The van der Waals surface area contributed by atoms with Crippen molar-refractivity contribution >= 4 is 0 Å². The second kappa shape index (κ2) is 8.03. The summed E-state index contributed by atoms with van der Waals surface area (Å²) in [4.78, 5) is 4.02. The third-order valence-corrected chi connectivity index (χ3v) is 3.07. The summed E-state index contributed by atoms with van der Waals surface area (Å²) in [6, 6.07) is 13.7. The molecular formula is C17H19N3O. The lowest BCUT2D eigenvalue weighted by atomic mass is 10.2. The number of nitrogens with zero attached hydrogens (tertiary/aromatic N) is 2. The zero-order valence-corrected chi connectivity index (χ0v) is 12.2. The lowest BCUT2D eigenvalue weighted by molar-refractivity contribution is 0.305. The molecule has 0 saturated carbocycles. The maximum absolute atomic E-state index is 8.98. The number of benzene rings is 1. The summed E-state index contributed by atoms with van der Waals surface area (Å²) in [6.45, 7) is 4.40. The molecular weight excluding hydrogens is 262 g/mol. The molecule has 0 aliphatic rings. The Labute approximate surface area is 125 Å². The van der Waals surface area contributed by atoms with Crippen LogP contribution in [0.15, 0.2) is 42.6 Å². The number of nitrogens with one attached hydrogen (secondary N) is 1. The van der Waals surface area contributed by atoms with Crippen LogP contribution in [0.4, 0.5) is 0 Å². The third-order valence-electron chi connectivity index (χ3n) is 3.07. The molecule has 1 N–H and O–H groups in total. The van der Waals surface area contributed by atoms with Gasteiger partial charge >= 0.3 is 0 Å². The summed E-state index contributed by atoms with van der Waals surface area (Å²) in [5.74, 6) is 0.794. The SMILES string of the molecule is CCCNCc1ccc(OCc2cccnc2C#N)cc1. The zero-order chi connectivity index (χ0) is 14.9. The monoisotopic (exact) mass is 281 g/mol. The molecule has 0 fully saturated rings. The van der Waals surface area contributed by atoms with Gasteiger partial charge in [-0.2, -0.15) is 5.26 Å². The van der Waals surface area contributed by atoms with Crippen molar-refractivity contribution in [3.05, 3.63) is 59.4 Å². The molecule has 4 heteroatoms. The second-order valence-corrected chi connectivity index (χ2v) is 4.73. The minimum absolute atomic E-state index is 0.351. The largest absolute Gasteiger partial charge is 0.489 e. The Kier molecular flexibility index (Phi) is 5.74. The average molecular weight is 281 g/mol. The number of hydrogen-bond donors (Lipinski definition) is 1. The van der Waals surface area contributed by atoms with Gasteiger partial charge in [0.25, 0.3) is 0 Å². The maximum Gasteiger partial charge on any atom is 0.147 e. The number of rotatable bonds is 7. The van der Waals surface area contributed by atoms with Crippen molar-refractivity contribution in [2.75, 3.05) is 6.54 Å². The van der Waals surface area contributed by atoms with E-state index in [-0.39, 0.29) is 0 Å². The van der Waals surface area contributed by atoms with E-state index in [0.717, 1.165) is 30.8 Å². The standard InChI is InChI=1S/C17H19N3O/c1-2-9-19-12-14-5-7-16(8-6-14)21-13-15-4-3-10-20-17(15)11-18/h3-8,10,19H,2,9,12-13H2,1H3. The van der Waals surface area contributed by atoms with Gasteiger partial charge in [-0.25, -0.2) is 4.98 Å². The summed E-state index contributed by atoms with van der Waals surface area (Å²) < 4.78 is 5.70. The minimum atomic E-state index is 0.351. The Hall–Kier alpha value is -2.38. The van der Waals surface area contributed by atoms with Crippen LogP contribution in [0.2, 0.25) is 0 Å². The van der Waals surface area contributed by atoms with E-state index in [1.807, 2.05) is 36.4 Å². The van der Waals surface area contributed by atoms with Gasteiger partial charge < -0.3 is 10.1 Å². The molecule has 4 nitrogen and oxygen atoms in total. The van der Waals surface area contributed by atoms with E-state index in [4.69, 9.17) is 10.00 Å². The Bertz CT molecular complexity index is 602. The maximum atomic E-state index is 8.98. The normalized spacial score (nSPS) is 10.1. The number of hydrogen-bond acceptors (Lipinski definition) is 4. The molecule has 2 aromatic rings. The Morgan fingerprint density at radius 2 is 2.05 bits per heavy atom. The molecule has 0 aliphatic heterocycles. The van der Waals surface area contributed by atoms with Crippen molar-refractivity contribution in [3.63, 3.8) is 0 Å². The van der Waals surface area contributed by atoms with Crippen molar-refractivity contribution in [1.29, 1.82) is 5.26 Å². The van der Waals surface area contributed by atoms with Gasteiger partial charge in [0.15, 0.2) is 0 Å². The molecule has 0 amide bonds. The first-order chi connectivity index (χ1) is 10.3. The quantitative estimate of drug-likeness (QED) is 0.793. The van der Waals surface area contributed by atoms with Crippen LogP contribution in [0.5, 0.6) is 5.75 Å². The van der Waals surface area contributed by atoms with Crippen molar-refractivity contribution in [2.45, 2.75) is 26.5 Å². The van der Waals surface area contributed by atoms with Gasteiger partial charge in [-0.3, -0.25) is 0 Å². The number of pyridine rings is 1. The first kappa shape index (κ1) is 15.0. The van der Waals surface area contributed by atoms with E-state index >= 15 is 0 Å². The van der Waals surface area contributed by atoms with Gasteiger partial charge in [-0.05, 0) is 36.7 Å². The van der Waals surface area contributed by atoms with Crippen LogP contribution < -0.4 is 10.1 Å². The predicted octanol–water partition coefficient (Wildman–Crippen LogP) is 3.03. The van der Waals surface area contributed by atoms with Crippen LogP contribution in [-0.2, 0) is 13.2 Å². The fraction of sp³-hybridized carbons (Fsp3) is 0.294. The van der Waals surface area contributed by atoms with E-state index in [0.29, 0.717) is 12.3 Å². The van der Waals surface area contributed by atoms with Crippen LogP contribution in [0.1, 0.15) is 30.2 Å². The number of ether oxygens (including phenoxy) is 1. The smallest absolute Gasteiger partial charge is 0.147 e. The lowest BCUT2D eigenvalue weighted by Gasteiger charge is -2.08. The first-order valence-electron chi connectivity index (χ1n) is 7.10. The van der Waals surface area contributed by atoms with E-state index in [2.05, 4.69) is 23.3 Å². The zero-order valence-electron chi connectivity index (χ0n) is 12.2. The van der Waals surface area contributed by atoms with Gasteiger partial charge in [0.2, 0.25) is 0 Å². The molecule has 0 atom stereocenters. The summed E-state index contributed by atoms with van der Waals surface area (Å²) in [6.07, 6.45) is 2.74. The molecule has 1 aromatic heterocycles. The van der Waals surface area contributed by atoms with E-state index in [1.54, 1.807) is 6.20 Å². The Morgan fingerprint density at radius 3 is 2.76 bits per heavy atom. The van der Waals surface area contributed by atoms with Gasteiger partial charge in [0.05, 0.1) is 0 Å². The highest BCUT2D eigenvalue weighted by Crippen LogP contribution is 2.15. The van der Waals surface area contributed by atoms with Crippen molar-refractivity contribution < 1.29 is 4.74 Å². The van der Waals surface area contributed by atoms with Gasteiger partial charge in [0.1, 0.15) is 24.1 Å². The van der Waals surface area contributed by atoms with Crippen molar-refractivity contribution in [2.24, 2.45) is 0 Å². The fourth-order valence-electron chi connectivity index (χ4n) is 1.93. The molecule has 21 heavy (non-hydrogen) atoms. The molecule has 0 spiro atoms. The van der Waals surface area contributed by atoms with E-state index in [9.17, 15) is 0 Å². The summed E-state index contributed by atoms with van der Waals surface area (Å²) in [5, 5.41) is 12.3. The average Bonchev–Trinajstić information content (AvgIpc) is 2.54. The van der Waals surface area contributed by atoms with Crippen LogP contribution in [0, 0.1) is 11.3 Å². The predicted molar refractivity (Wildman–Crippen MR) is 81.7 cm³/mol. The van der Waals surface area contributed by atoms with Gasteiger partial charge in [0, 0.05) is 18.3 Å². The highest BCUT2D eigenvalue weighted by molar-refractivity contribution is 5.31. The summed E-state index contributed by atoms with van der Waals surface area (Å²) in [5.41, 5.74) is 2.45. The van der Waals surface area contributed by atoms with Crippen LogP contribution >= 0.6 is 0 Å². The number of aromatic nitrogens is 1. The fourth-order valence-corrected chi connectivity index (χ4v) is 1.93. The molecule has 0 saturated heterocycles. The summed E-state index contributed by atoms with van der Waals surface area (Å²) >= 11 is 0. The highest BCUT2D eigenvalue weighted by Gasteiger charge is 2.03. The van der Waals surface area contributed by atoms with Crippen LogP contribution in [-0.4, -0.2) is 11.5 Å². The lowest BCUT2D eigenvalue weighted by Crippen LogP contribution is -2.13. The van der Waals surface area contributed by atoms with E-state index in [1.165, 1.54) is 5.56 Å². The summed E-state index contributed by atoms with van der Waals surface area (Å²) in [7, 11) is 0. The third kappa shape index (κ3) is 4.59. The number of nitriles is 1. The topological polar surface area (TPSA) is 57.9 Å². The van der Waals surface area contributed by atoms with Gasteiger partial charge in [-0.15, -0.1) is 0 Å². The Morgan fingerprint density at radius 1 is 1.24 bits per heavy atom. The van der Waals surface area contributed by atoms with Crippen LogP contribution in [0.3, 0.4) is 0 Å². The molecule has 108 valence electrons. The minimum Gasteiger partial charge on any atom is -0.489 e. The molecule has 0 aliphatic carbocycles.